The highest BCUT2D eigenvalue weighted by Crippen LogP contribution is 2.15. The number of benzene rings is 2. The van der Waals surface area contributed by atoms with Gasteiger partial charge in [0, 0.05) is 5.56 Å². The van der Waals surface area contributed by atoms with Crippen molar-refractivity contribution in [3.05, 3.63) is 65.2 Å². The number of hydrogen-bond donors (Lipinski definition) is 1. The predicted molar refractivity (Wildman–Crippen MR) is 74.2 cm³/mol. The van der Waals surface area contributed by atoms with Crippen LogP contribution >= 0.6 is 0 Å². The molecule has 0 bridgehead atoms. The second kappa shape index (κ2) is 6.02. The molecule has 2 aromatic rings. The van der Waals surface area contributed by atoms with E-state index in [1.54, 1.807) is 48.5 Å². The third-order valence-electron chi connectivity index (χ3n) is 2.87. The number of carboxylic acid groups (broad SMARTS) is 1. The van der Waals surface area contributed by atoms with E-state index in [2.05, 4.69) is 0 Å². The Morgan fingerprint density at radius 3 is 2.00 bits per heavy atom. The number of rotatable bonds is 5. The minimum atomic E-state index is -0.947. The lowest BCUT2D eigenvalue weighted by Gasteiger charge is -2.07. The first-order valence-electron chi connectivity index (χ1n) is 6.12. The fraction of sp³-hybridized carbons (Fsp3) is 0.125. The molecule has 0 aliphatic heterocycles. The van der Waals surface area contributed by atoms with Crippen molar-refractivity contribution in [2.24, 2.45) is 0 Å². The number of ketones is 1. The zero-order valence-corrected chi connectivity index (χ0v) is 11.0. The van der Waals surface area contributed by atoms with Crippen LogP contribution in [0.2, 0.25) is 0 Å². The standard InChI is InChI=1S/C16H14O4/c1-11(17)13-6-8-15(9-7-13)20-10-12-2-4-14(5-3-12)16(18)19/h2-9H,10H2,1H3,(H,18,19). The third-order valence-corrected chi connectivity index (χ3v) is 2.87. The summed E-state index contributed by atoms with van der Waals surface area (Å²) >= 11 is 0. The van der Waals surface area contributed by atoms with Crippen LogP contribution in [0.4, 0.5) is 0 Å². The quantitative estimate of drug-likeness (QED) is 0.847. The SMILES string of the molecule is CC(=O)c1ccc(OCc2ccc(C(=O)O)cc2)cc1. The second-order valence-electron chi connectivity index (χ2n) is 4.37. The van der Waals surface area contributed by atoms with Gasteiger partial charge in [0.1, 0.15) is 12.4 Å². The molecule has 4 nitrogen and oxygen atoms in total. The van der Waals surface area contributed by atoms with Crippen LogP contribution in [0.25, 0.3) is 0 Å². The Hall–Kier alpha value is -2.62. The lowest BCUT2D eigenvalue weighted by molar-refractivity contribution is 0.0696. The van der Waals surface area contributed by atoms with Crippen LogP contribution in [-0.2, 0) is 6.61 Å². The average Bonchev–Trinajstić information content (AvgIpc) is 2.46. The number of ether oxygens (including phenoxy) is 1. The molecule has 0 unspecified atom stereocenters. The molecule has 0 fully saturated rings. The van der Waals surface area contributed by atoms with E-state index < -0.39 is 5.97 Å². The van der Waals surface area contributed by atoms with Crippen LogP contribution in [0.1, 0.15) is 33.2 Å². The van der Waals surface area contributed by atoms with Gasteiger partial charge in [0.25, 0.3) is 0 Å². The number of Topliss-reactive ketones (excluding diaryl/α,β-unsaturated/α-hetero) is 1. The molecular weight excluding hydrogens is 256 g/mol. The van der Waals surface area contributed by atoms with E-state index in [1.165, 1.54) is 6.92 Å². The maximum atomic E-state index is 11.1. The Bertz CT molecular complexity index is 554. The molecule has 2 aromatic carbocycles. The molecule has 102 valence electrons. The zero-order valence-electron chi connectivity index (χ0n) is 11.0. The van der Waals surface area contributed by atoms with Crippen molar-refractivity contribution in [3.63, 3.8) is 0 Å². The van der Waals surface area contributed by atoms with Gasteiger partial charge in [0.15, 0.2) is 5.78 Å². The molecule has 0 aliphatic carbocycles. The lowest BCUT2D eigenvalue weighted by Crippen LogP contribution is -1.99. The van der Waals surface area contributed by atoms with Crippen LogP contribution in [0.15, 0.2) is 48.5 Å². The van der Waals surface area contributed by atoms with Gasteiger partial charge in [0.05, 0.1) is 5.56 Å². The second-order valence-corrected chi connectivity index (χ2v) is 4.37. The first-order chi connectivity index (χ1) is 9.56. The van der Waals surface area contributed by atoms with Gasteiger partial charge in [-0.15, -0.1) is 0 Å². The van der Waals surface area contributed by atoms with Gasteiger partial charge in [0.2, 0.25) is 0 Å². The summed E-state index contributed by atoms with van der Waals surface area (Å²) in [4.78, 5) is 21.9. The summed E-state index contributed by atoms with van der Waals surface area (Å²) in [6.07, 6.45) is 0. The number of carbonyl (C=O) groups is 2. The molecule has 0 aliphatic rings. The average molecular weight is 270 g/mol. The Kier molecular flexibility index (Phi) is 4.15. The van der Waals surface area contributed by atoms with E-state index in [0.29, 0.717) is 17.9 Å². The molecule has 0 aromatic heterocycles. The topological polar surface area (TPSA) is 63.6 Å². The normalized spacial score (nSPS) is 10.1. The van der Waals surface area contributed by atoms with E-state index >= 15 is 0 Å². The summed E-state index contributed by atoms with van der Waals surface area (Å²) < 4.78 is 5.57. The molecule has 0 spiro atoms. The number of aromatic carboxylic acids is 1. The minimum Gasteiger partial charge on any atom is -0.489 e. The minimum absolute atomic E-state index is 0.0146. The van der Waals surface area contributed by atoms with Gasteiger partial charge >= 0.3 is 5.97 Å². The van der Waals surface area contributed by atoms with Crippen LogP contribution in [0.5, 0.6) is 5.75 Å². The molecule has 0 saturated heterocycles. The zero-order chi connectivity index (χ0) is 14.5. The summed E-state index contributed by atoms with van der Waals surface area (Å²) in [6, 6.07) is 13.4. The Morgan fingerprint density at radius 2 is 1.50 bits per heavy atom. The highest BCUT2D eigenvalue weighted by molar-refractivity contribution is 5.94. The van der Waals surface area contributed by atoms with Gasteiger partial charge in [-0.05, 0) is 48.9 Å². The summed E-state index contributed by atoms with van der Waals surface area (Å²) in [5.74, 6) is -0.268. The molecule has 0 amide bonds. The van der Waals surface area contributed by atoms with Gasteiger partial charge < -0.3 is 9.84 Å². The lowest BCUT2D eigenvalue weighted by atomic mass is 10.1. The summed E-state index contributed by atoms with van der Waals surface area (Å²) in [6.45, 7) is 1.86. The van der Waals surface area contributed by atoms with E-state index in [1.807, 2.05) is 0 Å². The van der Waals surface area contributed by atoms with Crippen LogP contribution in [-0.4, -0.2) is 16.9 Å². The first-order valence-corrected chi connectivity index (χ1v) is 6.12. The van der Waals surface area contributed by atoms with Crippen LogP contribution in [0.3, 0.4) is 0 Å². The van der Waals surface area contributed by atoms with Crippen molar-refractivity contribution in [2.75, 3.05) is 0 Å². The fourth-order valence-corrected chi connectivity index (χ4v) is 1.70. The highest BCUT2D eigenvalue weighted by atomic mass is 16.5. The maximum Gasteiger partial charge on any atom is 0.335 e. The van der Waals surface area contributed by atoms with Crippen molar-refractivity contribution in [1.29, 1.82) is 0 Å². The molecule has 0 atom stereocenters. The van der Waals surface area contributed by atoms with E-state index in [-0.39, 0.29) is 11.3 Å². The largest absolute Gasteiger partial charge is 0.489 e. The predicted octanol–water partition coefficient (Wildman–Crippen LogP) is 3.17. The van der Waals surface area contributed by atoms with Gasteiger partial charge in [-0.25, -0.2) is 4.79 Å². The van der Waals surface area contributed by atoms with Crippen molar-refractivity contribution in [1.82, 2.24) is 0 Å². The monoisotopic (exact) mass is 270 g/mol. The molecule has 2 rings (SSSR count). The van der Waals surface area contributed by atoms with Crippen LogP contribution < -0.4 is 4.74 Å². The Morgan fingerprint density at radius 1 is 0.950 bits per heavy atom. The van der Waals surface area contributed by atoms with Gasteiger partial charge in [-0.2, -0.15) is 0 Å². The molecule has 4 heteroatoms. The smallest absolute Gasteiger partial charge is 0.335 e. The van der Waals surface area contributed by atoms with Crippen molar-refractivity contribution in [2.45, 2.75) is 13.5 Å². The summed E-state index contributed by atoms with van der Waals surface area (Å²) in [5, 5.41) is 8.80. The van der Waals surface area contributed by atoms with Crippen molar-refractivity contribution >= 4 is 11.8 Å². The summed E-state index contributed by atoms with van der Waals surface area (Å²) in [7, 11) is 0. The van der Waals surface area contributed by atoms with E-state index in [4.69, 9.17) is 9.84 Å². The summed E-state index contributed by atoms with van der Waals surface area (Å²) in [5.41, 5.74) is 1.77. The Balaban J connectivity index is 1.97. The molecule has 20 heavy (non-hydrogen) atoms. The number of carbonyl (C=O) groups excluding carboxylic acids is 1. The highest BCUT2D eigenvalue weighted by Gasteiger charge is 2.03. The molecule has 0 heterocycles. The Labute approximate surface area is 116 Å². The molecular formula is C16H14O4. The molecule has 1 N–H and O–H groups in total. The van der Waals surface area contributed by atoms with Crippen molar-refractivity contribution < 1.29 is 19.4 Å². The molecule has 0 saturated carbocycles. The van der Waals surface area contributed by atoms with Gasteiger partial charge in [-0.3, -0.25) is 4.79 Å². The number of carboxylic acids is 1. The maximum absolute atomic E-state index is 11.1. The van der Waals surface area contributed by atoms with Crippen LogP contribution in [0, 0.1) is 0 Å². The van der Waals surface area contributed by atoms with E-state index in [9.17, 15) is 9.59 Å². The third kappa shape index (κ3) is 3.45. The van der Waals surface area contributed by atoms with Gasteiger partial charge in [-0.1, -0.05) is 12.1 Å². The molecule has 0 radical (unpaired) electrons. The first kappa shape index (κ1) is 13.8. The van der Waals surface area contributed by atoms with E-state index in [0.717, 1.165) is 5.56 Å². The van der Waals surface area contributed by atoms with Crippen molar-refractivity contribution in [3.8, 4) is 5.75 Å². The number of hydrogen-bond acceptors (Lipinski definition) is 3. The fourth-order valence-electron chi connectivity index (χ4n) is 1.70.